The van der Waals surface area contributed by atoms with E-state index in [9.17, 15) is 23.3 Å². The molecule has 0 aliphatic carbocycles. The van der Waals surface area contributed by atoms with Gasteiger partial charge in [-0.1, -0.05) is 18.2 Å². The first kappa shape index (κ1) is 20.4. The van der Waals surface area contributed by atoms with E-state index in [1.165, 1.54) is 31.2 Å². The highest BCUT2D eigenvalue weighted by Crippen LogP contribution is 2.25. The van der Waals surface area contributed by atoms with E-state index in [0.717, 1.165) is 6.07 Å². The van der Waals surface area contributed by atoms with Crippen molar-refractivity contribution in [1.82, 2.24) is 4.90 Å². The van der Waals surface area contributed by atoms with Gasteiger partial charge in [0.1, 0.15) is 0 Å². The number of nitrogens with zero attached hydrogens (tertiary/aromatic N) is 2. The summed E-state index contributed by atoms with van der Waals surface area (Å²) in [5, 5.41) is 11.1. The van der Waals surface area contributed by atoms with E-state index in [2.05, 4.69) is 4.72 Å². The molecular formula is C18H21N3O5S. The van der Waals surface area contributed by atoms with Crippen LogP contribution in [-0.2, 0) is 10.0 Å². The fourth-order valence-corrected chi connectivity index (χ4v) is 3.70. The molecule has 0 heterocycles. The predicted molar refractivity (Wildman–Crippen MR) is 102 cm³/mol. The normalized spacial score (nSPS) is 11.1. The van der Waals surface area contributed by atoms with Crippen LogP contribution in [0.25, 0.3) is 0 Å². The van der Waals surface area contributed by atoms with Gasteiger partial charge in [0, 0.05) is 24.7 Å². The molecule has 9 heteroatoms. The van der Waals surface area contributed by atoms with Crippen molar-refractivity contribution >= 4 is 27.3 Å². The van der Waals surface area contributed by atoms with Crippen molar-refractivity contribution in [3.05, 3.63) is 63.7 Å². The molecule has 0 spiro atoms. The van der Waals surface area contributed by atoms with Crippen molar-refractivity contribution in [2.45, 2.75) is 25.7 Å². The molecule has 0 unspecified atom stereocenters. The third kappa shape index (κ3) is 4.43. The lowest BCUT2D eigenvalue weighted by molar-refractivity contribution is -0.385. The van der Waals surface area contributed by atoms with Gasteiger partial charge in [-0.05, 0) is 39.0 Å². The Morgan fingerprint density at radius 3 is 2.37 bits per heavy atom. The summed E-state index contributed by atoms with van der Waals surface area (Å²) in [6.07, 6.45) is 0. The van der Waals surface area contributed by atoms with Crippen molar-refractivity contribution in [2.24, 2.45) is 0 Å². The van der Waals surface area contributed by atoms with Gasteiger partial charge >= 0.3 is 0 Å². The molecule has 0 fully saturated rings. The second kappa shape index (κ2) is 8.17. The molecule has 0 radical (unpaired) electrons. The van der Waals surface area contributed by atoms with Crippen LogP contribution in [0.15, 0.2) is 47.4 Å². The smallest absolute Gasteiger partial charge is 0.273 e. The Hall–Kier alpha value is -2.94. The number of carbonyl (C=O) groups excluding carboxylic acids is 1. The summed E-state index contributed by atoms with van der Waals surface area (Å²) in [7, 11) is -4.11. The summed E-state index contributed by atoms with van der Waals surface area (Å²) in [6.45, 7) is 6.17. The summed E-state index contributed by atoms with van der Waals surface area (Å²) in [6, 6.07) is 9.94. The molecule has 27 heavy (non-hydrogen) atoms. The number of anilines is 1. The minimum atomic E-state index is -4.11. The molecule has 8 nitrogen and oxygen atoms in total. The highest BCUT2D eigenvalue weighted by molar-refractivity contribution is 7.92. The molecule has 0 saturated heterocycles. The maximum absolute atomic E-state index is 12.7. The summed E-state index contributed by atoms with van der Waals surface area (Å²) < 4.78 is 27.8. The van der Waals surface area contributed by atoms with Gasteiger partial charge in [-0.2, -0.15) is 0 Å². The van der Waals surface area contributed by atoms with Crippen LogP contribution < -0.4 is 4.72 Å². The molecule has 1 N–H and O–H groups in total. The molecule has 0 aliphatic heterocycles. The van der Waals surface area contributed by atoms with Gasteiger partial charge in [0.05, 0.1) is 21.1 Å². The van der Waals surface area contributed by atoms with E-state index in [-0.39, 0.29) is 27.7 Å². The summed E-state index contributed by atoms with van der Waals surface area (Å²) in [4.78, 5) is 24.4. The molecule has 2 aromatic carbocycles. The lowest BCUT2D eigenvalue weighted by Gasteiger charge is -2.20. The van der Waals surface area contributed by atoms with Gasteiger partial charge in [0.25, 0.3) is 21.6 Å². The van der Waals surface area contributed by atoms with Crippen molar-refractivity contribution in [3.63, 3.8) is 0 Å². The van der Waals surface area contributed by atoms with E-state index in [1.54, 1.807) is 17.0 Å². The molecule has 0 aliphatic rings. The number of aryl methyl sites for hydroxylation is 1. The van der Waals surface area contributed by atoms with Gasteiger partial charge in [-0.25, -0.2) is 8.42 Å². The van der Waals surface area contributed by atoms with Crippen LogP contribution >= 0.6 is 0 Å². The topological polar surface area (TPSA) is 110 Å². The first-order chi connectivity index (χ1) is 12.7. The number of benzene rings is 2. The SMILES string of the molecule is CCN(CC)C(=O)c1ccccc1NS(=O)(=O)c1ccc(C)c([N+](=O)[O-])c1. The Bertz CT molecular complexity index is 969. The number of carbonyl (C=O) groups is 1. The van der Waals surface area contributed by atoms with Gasteiger partial charge < -0.3 is 4.90 Å². The second-order valence-corrected chi connectivity index (χ2v) is 7.52. The van der Waals surface area contributed by atoms with Gasteiger partial charge in [0.15, 0.2) is 0 Å². The first-order valence-electron chi connectivity index (χ1n) is 8.37. The third-order valence-electron chi connectivity index (χ3n) is 4.14. The molecule has 2 rings (SSSR count). The Labute approximate surface area is 158 Å². The Morgan fingerprint density at radius 1 is 1.15 bits per heavy atom. The number of nitro benzene ring substituents is 1. The zero-order valence-electron chi connectivity index (χ0n) is 15.3. The number of hydrogen-bond acceptors (Lipinski definition) is 5. The second-order valence-electron chi connectivity index (χ2n) is 5.83. The number of nitro groups is 1. The van der Waals surface area contributed by atoms with Crippen LogP contribution in [-0.4, -0.2) is 37.2 Å². The highest BCUT2D eigenvalue weighted by atomic mass is 32.2. The van der Waals surface area contributed by atoms with Crippen LogP contribution in [0.5, 0.6) is 0 Å². The van der Waals surface area contributed by atoms with Crippen molar-refractivity contribution in [3.8, 4) is 0 Å². The van der Waals surface area contributed by atoms with Crippen molar-refractivity contribution in [2.75, 3.05) is 17.8 Å². The first-order valence-corrected chi connectivity index (χ1v) is 9.85. The molecule has 2 aromatic rings. The Balaban J connectivity index is 2.44. The average Bonchev–Trinajstić information content (AvgIpc) is 2.62. The summed E-state index contributed by atoms with van der Waals surface area (Å²) in [5.41, 5.74) is 0.408. The van der Waals surface area contributed by atoms with Crippen LogP contribution in [0, 0.1) is 17.0 Å². The summed E-state index contributed by atoms with van der Waals surface area (Å²) in [5.74, 6) is -0.298. The number of amides is 1. The maximum atomic E-state index is 12.7. The predicted octanol–water partition coefficient (Wildman–Crippen LogP) is 3.19. The standard InChI is InChI=1S/C18H21N3O5S/c1-4-20(5-2)18(22)15-8-6-7-9-16(15)19-27(25,26)14-11-10-13(3)17(12-14)21(23)24/h6-12,19H,4-5H2,1-3H3. The van der Waals surface area contributed by atoms with Crippen molar-refractivity contribution in [1.29, 1.82) is 0 Å². The van der Waals surface area contributed by atoms with Gasteiger partial charge in [-0.3, -0.25) is 19.6 Å². The fraction of sp³-hybridized carbons (Fsp3) is 0.278. The number of rotatable bonds is 7. The molecule has 0 aromatic heterocycles. The fourth-order valence-electron chi connectivity index (χ4n) is 2.60. The molecule has 0 saturated carbocycles. The van der Waals surface area contributed by atoms with Crippen LogP contribution in [0.1, 0.15) is 29.8 Å². The van der Waals surface area contributed by atoms with Gasteiger partial charge in [0.2, 0.25) is 0 Å². The maximum Gasteiger partial charge on any atom is 0.273 e. The lowest BCUT2D eigenvalue weighted by atomic mass is 10.1. The number of sulfonamides is 1. The highest BCUT2D eigenvalue weighted by Gasteiger charge is 2.23. The molecule has 144 valence electrons. The van der Waals surface area contributed by atoms with Crippen LogP contribution in [0.3, 0.4) is 0 Å². The van der Waals surface area contributed by atoms with E-state index in [4.69, 9.17) is 0 Å². The molecular weight excluding hydrogens is 370 g/mol. The molecule has 0 atom stereocenters. The minimum absolute atomic E-state index is 0.123. The average molecular weight is 391 g/mol. The van der Waals surface area contributed by atoms with E-state index in [0.29, 0.717) is 18.7 Å². The number of nitrogens with one attached hydrogen (secondary N) is 1. The monoisotopic (exact) mass is 391 g/mol. The van der Waals surface area contributed by atoms with E-state index >= 15 is 0 Å². The number of hydrogen-bond donors (Lipinski definition) is 1. The quantitative estimate of drug-likeness (QED) is 0.576. The summed E-state index contributed by atoms with van der Waals surface area (Å²) >= 11 is 0. The zero-order valence-corrected chi connectivity index (χ0v) is 16.1. The third-order valence-corrected chi connectivity index (χ3v) is 5.50. The van der Waals surface area contributed by atoms with E-state index < -0.39 is 14.9 Å². The molecule has 0 bridgehead atoms. The molecule has 1 amide bonds. The van der Waals surface area contributed by atoms with Crippen LogP contribution in [0.4, 0.5) is 11.4 Å². The lowest BCUT2D eigenvalue weighted by Crippen LogP contribution is -2.31. The Kier molecular flexibility index (Phi) is 6.17. The van der Waals surface area contributed by atoms with Crippen molar-refractivity contribution < 1.29 is 18.1 Å². The zero-order chi connectivity index (χ0) is 20.2. The Morgan fingerprint density at radius 2 is 1.78 bits per heavy atom. The largest absolute Gasteiger partial charge is 0.339 e. The minimum Gasteiger partial charge on any atom is -0.339 e. The van der Waals surface area contributed by atoms with Gasteiger partial charge in [-0.15, -0.1) is 0 Å². The number of para-hydroxylation sites is 1. The van der Waals surface area contributed by atoms with Crippen LogP contribution in [0.2, 0.25) is 0 Å². The van der Waals surface area contributed by atoms with E-state index in [1.807, 2.05) is 13.8 Å².